The van der Waals surface area contributed by atoms with Gasteiger partial charge in [-0.25, -0.2) is 4.79 Å². The maximum absolute atomic E-state index is 12.0. The Balaban J connectivity index is 1.63. The second-order valence-corrected chi connectivity index (χ2v) is 5.13. The lowest BCUT2D eigenvalue weighted by molar-refractivity contribution is 0.0968. The zero-order valence-corrected chi connectivity index (χ0v) is 12.8. The van der Waals surface area contributed by atoms with Crippen LogP contribution in [0.15, 0.2) is 73.1 Å². The van der Waals surface area contributed by atoms with E-state index in [0.717, 1.165) is 5.69 Å². The first-order valence-electron chi connectivity index (χ1n) is 7.34. The van der Waals surface area contributed by atoms with Crippen molar-refractivity contribution < 1.29 is 9.59 Å². The summed E-state index contributed by atoms with van der Waals surface area (Å²) in [7, 11) is 0. The minimum Gasteiger partial charge on any atom is -0.398 e. The van der Waals surface area contributed by atoms with Gasteiger partial charge in [-0.05, 0) is 48.5 Å². The topological polar surface area (TPSA) is 89.2 Å². The maximum Gasteiger partial charge on any atom is 0.326 e. The molecule has 0 saturated carbocycles. The molecule has 6 nitrogen and oxygen atoms in total. The molecule has 6 heteroatoms. The highest BCUT2D eigenvalue weighted by Crippen LogP contribution is 2.14. The molecule has 0 aliphatic carbocycles. The van der Waals surface area contributed by atoms with E-state index in [2.05, 4.69) is 10.6 Å². The van der Waals surface area contributed by atoms with Gasteiger partial charge in [0.15, 0.2) is 0 Å². The van der Waals surface area contributed by atoms with Crippen LogP contribution < -0.4 is 16.4 Å². The van der Waals surface area contributed by atoms with Crippen LogP contribution in [0, 0.1) is 0 Å². The fourth-order valence-electron chi connectivity index (χ4n) is 2.26. The number of rotatable bonds is 3. The van der Waals surface area contributed by atoms with Gasteiger partial charge in [-0.15, -0.1) is 0 Å². The number of urea groups is 1. The van der Waals surface area contributed by atoms with Crippen LogP contribution in [-0.2, 0) is 0 Å². The molecule has 1 heterocycles. The molecule has 120 valence electrons. The van der Waals surface area contributed by atoms with Gasteiger partial charge in [0.05, 0.1) is 5.56 Å². The zero-order chi connectivity index (χ0) is 16.9. The van der Waals surface area contributed by atoms with Gasteiger partial charge >= 0.3 is 6.03 Å². The van der Waals surface area contributed by atoms with Gasteiger partial charge in [0.2, 0.25) is 0 Å². The molecule has 0 atom stereocenters. The van der Waals surface area contributed by atoms with E-state index in [4.69, 9.17) is 5.73 Å². The Morgan fingerprint density at radius 3 is 2.21 bits per heavy atom. The molecule has 3 rings (SSSR count). The number of benzene rings is 2. The number of imide groups is 1. The number of carbonyl (C=O) groups excluding carboxylic acids is 2. The van der Waals surface area contributed by atoms with Gasteiger partial charge in [-0.3, -0.25) is 10.1 Å². The number of hydrogen-bond donors (Lipinski definition) is 3. The van der Waals surface area contributed by atoms with E-state index in [1.807, 2.05) is 41.2 Å². The van der Waals surface area contributed by atoms with Crippen LogP contribution in [0.25, 0.3) is 5.69 Å². The number of anilines is 2. The van der Waals surface area contributed by atoms with Crippen molar-refractivity contribution in [1.29, 1.82) is 0 Å². The van der Waals surface area contributed by atoms with Crippen LogP contribution in [0.5, 0.6) is 0 Å². The zero-order valence-electron chi connectivity index (χ0n) is 12.8. The number of nitrogens with one attached hydrogen (secondary N) is 2. The molecule has 4 N–H and O–H groups in total. The minimum absolute atomic E-state index is 0.260. The molecule has 0 bridgehead atoms. The first kappa shape index (κ1) is 15.4. The van der Waals surface area contributed by atoms with E-state index < -0.39 is 11.9 Å². The first-order valence-corrected chi connectivity index (χ1v) is 7.34. The fourth-order valence-corrected chi connectivity index (χ4v) is 2.26. The van der Waals surface area contributed by atoms with Crippen molar-refractivity contribution in [3.63, 3.8) is 0 Å². The molecule has 0 saturated heterocycles. The van der Waals surface area contributed by atoms with E-state index in [1.165, 1.54) is 0 Å². The number of nitrogen functional groups attached to an aromatic ring is 1. The number of hydrogen-bond acceptors (Lipinski definition) is 3. The normalized spacial score (nSPS) is 10.2. The second kappa shape index (κ2) is 6.70. The molecule has 1 aromatic heterocycles. The van der Waals surface area contributed by atoms with Crippen LogP contribution in [0.3, 0.4) is 0 Å². The summed E-state index contributed by atoms with van der Waals surface area (Å²) in [5, 5.41) is 4.87. The summed E-state index contributed by atoms with van der Waals surface area (Å²) in [6.07, 6.45) is 3.86. The van der Waals surface area contributed by atoms with Crippen LogP contribution in [0.1, 0.15) is 10.4 Å². The summed E-state index contributed by atoms with van der Waals surface area (Å²) in [4.78, 5) is 24.0. The van der Waals surface area contributed by atoms with Crippen molar-refractivity contribution in [3.8, 4) is 5.69 Å². The highest BCUT2D eigenvalue weighted by molar-refractivity contribution is 6.10. The molecule has 0 fully saturated rings. The van der Waals surface area contributed by atoms with E-state index in [0.29, 0.717) is 11.4 Å². The lowest BCUT2D eigenvalue weighted by Crippen LogP contribution is -2.34. The summed E-state index contributed by atoms with van der Waals surface area (Å²) >= 11 is 0. The predicted molar refractivity (Wildman–Crippen MR) is 93.1 cm³/mol. The molecule has 24 heavy (non-hydrogen) atoms. The number of carbonyl (C=O) groups is 2. The van der Waals surface area contributed by atoms with E-state index in [9.17, 15) is 9.59 Å². The van der Waals surface area contributed by atoms with Crippen molar-refractivity contribution >= 4 is 23.3 Å². The van der Waals surface area contributed by atoms with Gasteiger partial charge < -0.3 is 15.6 Å². The molecule has 3 amide bonds. The first-order chi connectivity index (χ1) is 11.6. The highest BCUT2D eigenvalue weighted by Gasteiger charge is 2.12. The second-order valence-electron chi connectivity index (χ2n) is 5.13. The smallest absolute Gasteiger partial charge is 0.326 e. The van der Waals surface area contributed by atoms with Gasteiger partial charge in [-0.1, -0.05) is 12.1 Å². The van der Waals surface area contributed by atoms with Crippen molar-refractivity contribution in [2.24, 2.45) is 0 Å². The van der Waals surface area contributed by atoms with Crippen LogP contribution in [0.4, 0.5) is 16.2 Å². The quantitative estimate of drug-likeness (QED) is 0.648. The van der Waals surface area contributed by atoms with Crippen molar-refractivity contribution in [2.75, 3.05) is 11.1 Å². The summed E-state index contributed by atoms with van der Waals surface area (Å²) in [5.74, 6) is -0.547. The Morgan fingerprint density at radius 1 is 0.875 bits per heavy atom. The Labute approximate surface area is 138 Å². The van der Waals surface area contributed by atoms with E-state index >= 15 is 0 Å². The van der Waals surface area contributed by atoms with Crippen molar-refractivity contribution in [1.82, 2.24) is 9.88 Å². The van der Waals surface area contributed by atoms with Gasteiger partial charge in [0, 0.05) is 29.5 Å². The largest absolute Gasteiger partial charge is 0.398 e. The number of amides is 3. The molecule has 0 unspecified atom stereocenters. The Morgan fingerprint density at radius 2 is 1.54 bits per heavy atom. The van der Waals surface area contributed by atoms with Gasteiger partial charge in [-0.2, -0.15) is 0 Å². The highest BCUT2D eigenvalue weighted by atomic mass is 16.2. The van der Waals surface area contributed by atoms with Crippen molar-refractivity contribution in [2.45, 2.75) is 0 Å². The predicted octanol–water partition coefficient (Wildman–Crippen LogP) is 3.02. The maximum atomic E-state index is 12.0. The number of nitrogens with two attached hydrogens (primary N) is 1. The third-order valence-corrected chi connectivity index (χ3v) is 3.46. The minimum atomic E-state index is -0.614. The van der Waals surface area contributed by atoms with E-state index in [1.54, 1.807) is 36.4 Å². The summed E-state index contributed by atoms with van der Waals surface area (Å²) in [6, 6.07) is 17.1. The molecular formula is C18H16N4O2. The number of nitrogens with zero attached hydrogens (tertiary/aromatic N) is 1. The summed E-state index contributed by atoms with van der Waals surface area (Å²) in [6.45, 7) is 0. The SMILES string of the molecule is Nc1ccccc1C(=O)NC(=O)Nc1ccc(-n2cccc2)cc1. The average Bonchev–Trinajstić information content (AvgIpc) is 3.10. The molecule has 0 radical (unpaired) electrons. The Bertz CT molecular complexity index is 855. The van der Waals surface area contributed by atoms with Crippen LogP contribution in [0.2, 0.25) is 0 Å². The van der Waals surface area contributed by atoms with Crippen molar-refractivity contribution in [3.05, 3.63) is 78.6 Å². The molecule has 0 aliphatic rings. The third-order valence-electron chi connectivity index (χ3n) is 3.46. The van der Waals surface area contributed by atoms with Gasteiger partial charge in [0.1, 0.15) is 0 Å². The Hall–Kier alpha value is -3.54. The number of para-hydroxylation sites is 1. The lowest BCUT2D eigenvalue weighted by atomic mass is 10.2. The number of aromatic nitrogens is 1. The molecule has 2 aromatic carbocycles. The fraction of sp³-hybridized carbons (Fsp3) is 0. The Kier molecular flexibility index (Phi) is 4.29. The standard InChI is InChI=1S/C18H16N4O2/c19-16-6-2-1-5-15(16)17(23)21-18(24)20-13-7-9-14(10-8-13)22-11-3-4-12-22/h1-12H,19H2,(H2,20,21,23,24). The average molecular weight is 320 g/mol. The summed E-state index contributed by atoms with van der Waals surface area (Å²) in [5.41, 5.74) is 7.85. The molecule has 0 aliphatic heterocycles. The molecule has 0 spiro atoms. The van der Waals surface area contributed by atoms with Crippen LogP contribution >= 0.6 is 0 Å². The summed E-state index contributed by atoms with van der Waals surface area (Å²) < 4.78 is 1.95. The molecule has 3 aromatic rings. The monoisotopic (exact) mass is 320 g/mol. The lowest BCUT2D eigenvalue weighted by Gasteiger charge is -2.09. The molecular weight excluding hydrogens is 304 g/mol. The van der Waals surface area contributed by atoms with E-state index in [-0.39, 0.29) is 5.56 Å². The van der Waals surface area contributed by atoms with Gasteiger partial charge in [0.25, 0.3) is 5.91 Å². The third kappa shape index (κ3) is 3.44. The van der Waals surface area contributed by atoms with Crippen LogP contribution in [-0.4, -0.2) is 16.5 Å².